The molecule has 0 saturated carbocycles. The molecular formula is C24H44. The number of fused-ring (bicyclic) bond motifs is 1. The molecule has 0 fully saturated rings. The highest BCUT2D eigenvalue weighted by Crippen LogP contribution is 2.17. The lowest BCUT2D eigenvalue weighted by molar-refractivity contribution is 1.31. The normalized spacial score (nSPS) is 10.1. The predicted molar refractivity (Wildman–Crippen MR) is 119 cm³/mol. The average molecular weight is 333 g/mol. The first kappa shape index (κ1) is 30.3. The lowest BCUT2D eigenvalue weighted by Gasteiger charge is -1.93. The molecule has 0 unspecified atom stereocenters. The third-order valence-electron chi connectivity index (χ3n) is 2.35. The molecule has 1 aromatic rings. The van der Waals surface area contributed by atoms with Gasteiger partial charge in [0.2, 0.25) is 0 Å². The summed E-state index contributed by atoms with van der Waals surface area (Å²) in [5.74, 6) is 0. The standard InChI is InChI=1S/C9H8.C5H6.5C2H6/c1-2-5-9-7-3-6-8(9)4-1;1-2-4-5-3-1;5*1-2/h1-6H,7H2;1-4H,5H2;5*1-2H3. The van der Waals surface area contributed by atoms with Gasteiger partial charge < -0.3 is 0 Å². The smallest absolute Gasteiger partial charge is 0.00882 e. The SMILES string of the molecule is C1=CCC=C1.C1=Cc2ccccc2C1.CC.CC.CC.CC.CC. The first-order chi connectivity index (χ1) is 12.0. The number of benzene rings is 1. The summed E-state index contributed by atoms with van der Waals surface area (Å²) >= 11 is 0. The van der Waals surface area contributed by atoms with Crippen molar-refractivity contribution in [3.8, 4) is 0 Å². The minimum absolute atomic E-state index is 1.12. The second kappa shape index (κ2) is 33.1. The lowest BCUT2D eigenvalue weighted by atomic mass is 10.1. The molecule has 3 rings (SSSR count). The highest BCUT2D eigenvalue weighted by atomic mass is 14.0. The molecule has 0 nitrogen and oxygen atoms in total. The van der Waals surface area contributed by atoms with Crippen molar-refractivity contribution < 1.29 is 0 Å². The molecule has 0 aromatic heterocycles. The van der Waals surface area contributed by atoms with Crippen molar-refractivity contribution in [2.45, 2.75) is 82.1 Å². The maximum absolute atomic E-state index is 2.20. The van der Waals surface area contributed by atoms with Crippen LogP contribution < -0.4 is 0 Å². The van der Waals surface area contributed by atoms with E-state index < -0.39 is 0 Å². The van der Waals surface area contributed by atoms with Gasteiger partial charge in [-0.3, -0.25) is 0 Å². The van der Waals surface area contributed by atoms with Crippen molar-refractivity contribution in [2.75, 3.05) is 0 Å². The van der Waals surface area contributed by atoms with Gasteiger partial charge in [-0.05, 0) is 24.0 Å². The Hall–Kier alpha value is -1.56. The van der Waals surface area contributed by atoms with Gasteiger partial charge in [-0.1, -0.05) is 130 Å². The second-order valence-corrected chi connectivity index (χ2v) is 3.40. The fourth-order valence-corrected chi connectivity index (χ4v) is 1.59. The minimum Gasteiger partial charge on any atom is -0.0808 e. The van der Waals surface area contributed by atoms with Crippen molar-refractivity contribution in [1.82, 2.24) is 0 Å². The van der Waals surface area contributed by atoms with Crippen LogP contribution in [0.15, 0.2) is 54.6 Å². The summed E-state index contributed by atoms with van der Waals surface area (Å²) in [4.78, 5) is 0. The predicted octanol–water partition coefficient (Wildman–Crippen LogP) is 8.89. The Labute approximate surface area is 154 Å². The van der Waals surface area contributed by atoms with E-state index in [0.29, 0.717) is 0 Å². The third-order valence-corrected chi connectivity index (χ3v) is 2.35. The van der Waals surface area contributed by atoms with E-state index in [1.807, 2.05) is 69.2 Å². The average Bonchev–Trinajstić information content (AvgIpc) is 3.44. The van der Waals surface area contributed by atoms with E-state index in [0.717, 1.165) is 12.8 Å². The molecule has 0 saturated heterocycles. The molecule has 0 heterocycles. The molecule has 140 valence electrons. The monoisotopic (exact) mass is 332 g/mol. The van der Waals surface area contributed by atoms with Gasteiger partial charge in [-0.15, -0.1) is 0 Å². The second-order valence-electron chi connectivity index (χ2n) is 3.40. The summed E-state index contributed by atoms with van der Waals surface area (Å²) in [7, 11) is 0. The quantitative estimate of drug-likeness (QED) is 0.445. The van der Waals surface area contributed by atoms with Crippen LogP contribution >= 0.6 is 0 Å². The summed E-state index contributed by atoms with van der Waals surface area (Å²) in [6.07, 6.45) is 15.0. The molecule has 0 aliphatic heterocycles. The van der Waals surface area contributed by atoms with E-state index in [-0.39, 0.29) is 0 Å². The first-order valence-electron chi connectivity index (χ1n) is 10.0. The molecular weight excluding hydrogens is 288 g/mol. The fourth-order valence-electron chi connectivity index (χ4n) is 1.59. The Kier molecular flexibility index (Phi) is 41.9. The summed E-state index contributed by atoms with van der Waals surface area (Å²) in [5.41, 5.74) is 2.84. The Morgan fingerprint density at radius 1 is 0.583 bits per heavy atom. The number of allylic oxidation sites excluding steroid dienone is 5. The number of rotatable bonds is 0. The molecule has 0 heteroatoms. The number of hydrogen-bond donors (Lipinski definition) is 0. The topological polar surface area (TPSA) is 0 Å². The summed E-state index contributed by atoms with van der Waals surface area (Å²) in [5, 5.41) is 0. The van der Waals surface area contributed by atoms with Crippen molar-refractivity contribution in [3.63, 3.8) is 0 Å². The van der Waals surface area contributed by atoms with E-state index >= 15 is 0 Å². The summed E-state index contributed by atoms with van der Waals surface area (Å²) in [6.45, 7) is 20.0. The Balaban J connectivity index is -0.000000116. The Bertz CT molecular complexity index is 371. The van der Waals surface area contributed by atoms with Crippen molar-refractivity contribution >= 4 is 6.08 Å². The van der Waals surface area contributed by atoms with Crippen LogP contribution in [0.2, 0.25) is 0 Å². The highest BCUT2D eigenvalue weighted by molar-refractivity contribution is 5.59. The van der Waals surface area contributed by atoms with E-state index in [9.17, 15) is 0 Å². The molecule has 0 amide bonds. The molecule has 0 atom stereocenters. The molecule has 0 spiro atoms. The highest BCUT2D eigenvalue weighted by Gasteiger charge is 2.00. The third kappa shape index (κ3) is 18.5. The van der Waals surface area contributed by atoms with Gasteiger partial charge in [-0.2, -0.15) is 0 Å². The van der Waals surface area contributed by atoms with Gasteiger partial charge in [0.1, 0.15) is 0 Å². The van der Waals surface area contributed by atoms with Crippen LogP contribution in [0.1, 0.15) is 86.8 Å². The zero-order valence-electron chi connectivity index (χ0n) is 18.2. The van der Waals surface area contributed by atoms with Crippen molar-refractivity contribution in [2.24, 2.45) is 0 Å². The van der Waals surface area contributed by atoms with Crippen LogP contribution in [0.4, 0.5) is 0 Å². The van der Waals surface area contributed by atoms with Gasteiger partial charge in [0.15, 0.2) is 0 Å². The van der Waals surface area contributed by atoms with Gasteiger partial charge >= 0.3 is 0 Å². The molecule has 2 aliphatic carbocycles. The molecule has 0 radical (unpaired) electrons. The summed E-state index contributed by atoms with van der Waals surface area (Å²) < 4.78 is 0. The number of hydrogen-bond acceptors (Lipinski definition) is 0. The zero-order chi connectivity index (χ0) is 19.6. The molecule has 24 heavy (non-hydrogen) atoms. The van der Waals surface area contributed by atoms with Gasteiger partial charge in [0, 0.05) is 0 Å². The maximum atomic E-state index is 2.20. The largest absolute Gasteiger partial charge is 0.0808 e. The van der Waals surface area contributed by atoms with Crippen molar-refractivity contribution in [1.29, 1.82) is 0 Å². The lowest BCUT2D eigenvalue weighted by Crippen LogP contribution is -1.76. The van der Waals surface area contributed by atoms with Gasteiger partial charge in [-0.25, -0.2) is 0 Å². The van der Waals surface area contributed by atoms with Gasteiger partial charge in [0.25, 0.3) is 0 Å². The van der Waals surface area contributed by atoms with Crippen LogP contribution in [0, 0.1) is 0 Å². The van der Waals surface area contributed by atoms with Crippen molar-refractivity contribution in [3.05, 3.63) is 65.8 Å². The molecule has 0 N–H and O–H groups in total. The first-order valence-corrected chi connectivity index (χ1v) is 10.0. The van der Waals surface area contributed by atoms with Crippen LogP contribution in [-0.4, -0.2) is 0 Å². The molecule has 2 aliphatic rings. The Morgan fingerprint density at radius 2 is 1.04 bits per heavy atom. The van der Waals surface area contributed by atoms with E-state index in [1.54, 1.807) is 0 Å². The van der Waals surface area contributed by atoms with Crippen LogP contribution in [0.5, 0.6) is 0 Å². The molecule has 0 bridgehead atoms. The molecule has 1 aromatic carbocycles. The van der Waals surface area contributed by atoms with Gasteiger partial charge in [0.05, 0.1) is 0 Å². The summed E-state index contributed by atoms with van der Waals surface area (Å²) in [6, 6.07) is 8.49. The van der Waals surface area contributed by atoms with E-state index in [2.05, 4.69) is 60.7 Å². The zero-order valence-corrected chi connectivity index (χ0v) is 18.2. The fraction of sp³-hybridized carbons (Fsp3) is 0.500. The van der Waals surface area contributed by atoms with Crippen LogP contribution in [0.3, 0.4) is 0 Å². The Morgan fingerprint density at radius 3 is 1.42 bits per heavy atom. The van der Waals surface area contributed by atoms with Crippen LogP contribution in [-0.2, 0) is 6.42 Å². The van der Waals surface area contributed by atoms with E-state index in [1.165, 1.54) is 11.1 Å². The maximum Gasteiger partial charge on any atom is -0.00882 e. The van der Waals surface area contributed by atoms with E-state index in [4.69, 9.17) is 0 Å². The minimum atomic E-state index is 1.12. The van der Waals surface area contributed by atoms with Crippen LogP contribution in [0.25, 0.3) is 6.08 Å².